The van der Waals surface area contributed by atoms with Gasteiger partial charge >= 0.3 is 0 Å². The summed E-state index contributed by atoms with van der Waals surface area (Å²) in [6.45, 7) is 0.386. The van der Waals surface area contributed by atoms with Crippen molar-refractivity contribution < 1.29 is 9.84 Å². The highest BCUT2D eigenvalue weighted by Crippen LogP contribution is 2.25. The number of nitrogens with zero attached hydrogens (tertiary/aromatic N) is 1. The number of benzene rings is 1. The molecule has 0 fully saturated rings. The van der Waals surface area contributed by atoms with Crippen LogP contribution in [0.25, 0.3) is 10.9 Å². The summed E-state index contributed by atoms with van der Waals surface area (Å²) in [5, 5.41) is 9.76. The molecule has 74 valence electrons. The lowest BCUT2D eigenvalue weighted by Crippen LogP contribution is -2.01. The third kappa shape index (κ3) is 1.46. The van der Waals surface area contributed by atoms with Crippen molar-refractivity contribution in [3.05, 3.63) is 30.5 Å². The maximum atomic E-state index is 8.67. The summed E-state index contributed by atoms with van der Waals surface area (Å²) in [6, 6.07) is 7.93. The molecule has 0 atom stereocenters. The molecule has 0 bridgehead atoms. The van der Waals surface area contributed by atoms with Gasteiger partial charge in [-0.05, 0) is 18.2 Å². The van der Waals surface area contributed by atoms with Gasteiger partial charge in [-0.25, -0.2) is 0 Å². The van der Waals surface area contributed by atoms with Gasteiger partial charge < -0.3 is 14.4 Å². The first-order chi connectivity index (χ1) is 6.83. The Morgan fingerprint density at radius 2 is 2.21 bits per heavy atom. The number of hydrogen-bond donors (Lipinski definition) is 1. The summed E-state index contributed by atoms with van der Waals surface area (Å²) in [5.41, 5.74) is 1.14. The number of ether oxygens (including phenoxy) is 1. The summed E-state index contributed by atoms with van der Waals surface area (Å²) in [7, 11) is 2.00. The average molecular weight is 191 g/mol. The highest BCUT2D eigenvalue weighted by molar-refractivity contribution is 5.86. The number of hydrogen-bond acceptors (Lipinski definition) is 2. The first-order valence-corrected chi connectivity index (χ1v) is 4.60. The number of fused-ring (bicyclic) bond motifs is 1. The third-order valence-electron chi connectivity index (χ3n) is 2.24. The molecule has 0 spiro atoms. The summed E-state index contributed by atoms with van der Waals surface area (Å²) in [4.78, 5) is 0. The predicted molar refractivity (Wildman–Crippen MR) is 55.5 cm³/mol. The van der Waals surface area contributed by atoms with Crippen LogP contribution in [0.15, 0.2) is 30.5 Å². The van der Waals surface area contributed by atoms with Crippen LogP contribution in [0.5, 0.6) is 5.75 Å². The van der Waals surface area contributed by atoms with Gasteiger partial charge in [0.15, 0.2) is 0 Å². The van der Waals surface area contributed by atoms with E-state index in [9.17, 15) is 0 Å². The molecule has 1 heterocycles. The van der Waals surface area contributed by atoms with E-state index in [0.717, 1.165) is 16.7 Å². The van der Waals surface area contributed by atoms with E-state index in [2.05, 4.69) is 0 Å². The molecule has 1 N–H and O–H groups in total. The van der Waals surface area contributed by atoms with E-state index in [4.69, 9.17) is 9.84 Å². The van der Waals surface area contributed by atoms with Gasteiger partial charge in [0, 0.05) is 18.6 Å². The number of aliphatic hydroxyl groups is 1. The lowest BCUT2D eigenvalue weighted by Gasteiger charge is -2.05. The van der Waals surface area contributed by atoms with Crippen molar-refractivity contribution in [3.8, 4) is 5.75 Å². The molecule has 3 nitrogen and oxygen atoms in total. The van der Waals surface area contributed by atoms with Gasteiger partial charge in [-0.15, -0.1) is 0 Å². The lowest BCUT2D eigenvalue weighted by atomic mass is 10.2. The van der Waals surface area contributed by atoms with E-state index in [1.54, 1.807) is 0 Å². The van der Waals surface area contributed by atoms with Crippen molar-refractivity contribution in [2.45, 2.75) is 0 Å². The minimum absolute atomic E-state index is 0.0449. The molecule has 2 aromatic rings. The molecule has 1 aromatic heterocycles. The third-order valence-corrected chi connectivity index (χ3v) is 2.24. The predicted octanol–water partition coefficient (Wildman–Crippen LogP) is 1.55. The molecule has 1 aromatic carbocycles. The maximum absolute atomic E-state index is 8.67. The number of aromatic nitrogens is 1. The summed E-state index contributed by atoms with van der Waals surface area (Å²) >= 11 is 0. The first-order valence-electron chi connectivity index (χ1n) is 4.60. The highest BCUT2D eigenvalue weighted by Gasteiger charge is 2.03. The smallest absolute Gasteiger partial charge is 0.128 e. The molecule has 0 aliphatic heterocycles. The molecule has 0 aliphatic rings. The number of aryl methyl sites for hydroxylation is 1. The van der Waals surface area contributed by atoms with Crippen LogP contribution < -0.4 is 4.74 Å². The molecular weight excluding hydrogens is 178 g/mol. The van der Waals surface area contributed by atoms with Gasteiger partial charge in [0.1, 0.15) is 12.4 Å². The van der Waals surface area contributed by atoms with Crippen LogP contribution in [-0.2, 0) is 7.05 Å². The van der Waals surface area contributed by atoms with Crippen LogP contribution in [0.4, 0.5) is 0 Å². The Morgan fingerprint density at radius 1 is 1.36 bits per heavy atom. The standard InChI is InChI=1S/C11H13NO2/c1-12-6-5-9-10(12)3-2-4-11(9)14-8-7-13/h2-6,13H,7-8H2,1H3. The largest absolute Gasteiger partial charge is 0.490 e. The van der Waals surface area contributed by atoms with Crippen molar-refractivity contribution >= 4 is 10.9 Å². The second-order valence-electron chi connectivity index (χ2n) is 3.19. The first kappa shape index (κ1) is 9.09. The Balaban J connectivity index is 2.44. The van der Waals surface area contributed by atoms with Crippen molar-refractivity contribution in [2.24, 2.45) is 7.05 Å². The molecule has 0 unspecified atom stereocenters. The number of aliphatic hydroxyl groups excluding tert-OH is 1. The fourth-order valence-electron chi connectivity index (χ4n) is 1.56. The van der Waals surface area contributed by atoms with E-state index in [-0.39, 0.29) is 6.61 Å². The SMILES string of the molecule is Cn1ccc2c(OCCO)cccc21. The van der Waals surface area contributed by atoms with E-state index in [0.29, 0.717) is 6.61 Å². The summed E-state index contributed by atoms with van der Waals surface area (Å²) in [5.74, 6) is 0.831. The molecular formula is C11H13NO2. The average Bonchev–Trinajstić information content (AvgIpc) is 2.58. The minimum atomic E-state index is 0.0449. The normalized spacial score (nSPS) is 10.7. The van der Waals surface area contributed by atoms with Crippen molar-refractivity contribution in [2.75, 3.05) is 13.2 Å². The van der Waals surface area contributed by atoms with E-state index >= 15 is 0 Å². The van der Waals surface area contributed by atoms with Crippen LogP contribution in [0.2, 0.25) is 0 Å². The highest BCUT2D eigenvalue weighted by atomic mass is 16.5. The Bertz CT molecular complexity index is 434. The monoisotopic (exact) mass is 191 g/mol. The topological polar surface area (TPSA) is 34.4 Å². The maximum Gasteiger partial charge on any atom is 0.128 e. The Morgan fingerprint density at radius 3 is 3.00 bits per heavy atom. The second-order valence-corrected chi connectivity index (χ2v) is 3.19. The molecule has 0 radical (unpaired) electrons. The fourth-order valence-corrected chi connectivity index (χ4v) is 1.56. The van der Waals surface area contributed by atoms with E-state index in [1.165, 1.54) is 0 Å². The zero-order valence-electron chi connectivity index (χ0n) is 8.10. The second kappa shape index (κ2) is 3.72. The molecule has 0 saturated carbocycles. The van der Waals surface area contributed by atoms with E-state index < -0.39 is 0 Å². The van der Waals surface area contributed by atoms with Crippen LogP contribution in [0.1, 0.15) is 0 Å². The van der Waals surface area contributed by atoms with Crippen LogP contribution >= 0.6 is 0 Å². The zero-order chi connectivity index (χ0) is 9.97. The molecule has 14 heavy (non-hydrogen) atoms. The molecule has 0 saturated heterocycles. The van der Waals surface area contributed by atoms with Crippen molar-refractivity contribution in [1.82, 2.24) is 4.57 Å². The fraction of sp³-hybridized carbons (Fsp3) is 0.273. The van der Waals surface area contributed by atoms with Gasteiger partial charge in [-0.1, -0.05) is 6.07 Å². The van der Waals surface area contributed by atoms with Crippen LogP contribution in [-0.4, -0.2) is 22.9 Å². The summed E-state index contributed by atoms with van der Waals surface area (Å²) in [6.07, 6.45) is 2.00. The zero-order valence-corrected chi connectivity index (χ0v) is 8.10. The number of rotatable bonds is 3. The molecule has 0 amide bonds. The van der Waals surface area contributed by atoms with E-state index in [1.807, 2.05) is 42.1 Å². The lowest BCUT2D eigenvalue weighted by molar-refractivity contribution is 0.203. The Kier molecular flexibility index (Phi) is 2.41. The van der Waals surface area contributed by atoms with Gasteiger partial charge in [-0.2, -0.15) is 0 Å². The van der Waals surface area contributed by atoms with Gasteiger partial charge in [0.2, 0.25) is 0 Å². The van der Waals surface area contributed by atoms with Crippen LogP contribution in [0, 0.1) is 0 Å². The van der Waals surface area contributed by atoms with Crippen molar-refractivity contribution in [3.63, 3.8) is 0 Å². The Hall–Kier alpha value is -1.48. The molecule has 0 aliphatic carbocycles. The summed E-state index contributed by atoms with van der Waals surface area (Å²) < 4.78 is 7.46. The van der Waals surface area contributed by atoms with Crippen LogP contribution in [0.3, 0.4) is 0 Å². The van der Waals surface area contributed by atoms with Gasteiger partial charge in [0.05, 0.1) is 12.1 Å². The Labute approximate surface area is 82.5 Å². The van der Waals surface area contributed by atoms with Gasteiger partial charge in [0.25, 0.3) is 0 Å². The quantitative estimate of drug-likeness (QED) is 0.798. The van der Waals surface area contributed by atoms with Gasteiger partial charge in [-0.3, -0.25) is 0 Å². The molecule has 2 rings (SSSR count). The molecule has 3 heteroatoms. The minimum Gasteiger partial charge on any atom is -0.490 e. The van der Waals surface area contributed by atoms with Crippen molar-refractivity contribution in [1.29, 1.82) is 0 Å².